The normalized spacial score (nSPS) is 21.2. The van der Waals surface area contributed by atoms with E-state index in [2.05, 4.69) is 10.3 Å². The summed E-state index contributed by atoms with van der Waals surface area (Å²) >= 11 is 0. The van der Waals surface area contributed by atoms with Crippen LogP contribution >= 0.6 is 0 Å². The van der Waals surface area contributed by atoms with Gasteiger partial charge >= 0.3 is 0 Å². The second kappa shape index (κ2) is 6.62. The molecule has 0 amide bonds. The number of piperazine rings is 1. The lowest BCUT2D eigenvalue weighted by atomic mass is 10.1. The monoisotopic (exact) mass is 298 g/mol. The van der Waals surface area contributed by atoms with Crippen LogP contribution in [0.25, 0.3) is 0 Å². The van der Waals surface area contributed by atoms with Crippen LogP contribution in [-0.2, 0) is 10.2 Å². The van der Waals surface area contributed by atoms with E-state index in [1.54, 1.807) is 16.7 Å². The molecule has 1 aliphatic heterocycles. The van der Waals surface area contributed by atoms with E-state index < -0.39 is 10.2 Å². The largest absolute Gasteiger partial charge is 0.313 e. The van der Waals surface area contributed by atoms with Crippen LogP contribution in [0.3, 0.4) is 0 Å². The molecule has 1 unspecified atom stereocenters. The molecule has 2 heterocycles. The van der Waals surface area contributed by atoms with Gasteiger partial charge in [0.1, 0.15) is 0 Å². The van der Waals surface area contributed by atoms with Gasteiger partial charge in [0.2, 0.25) is 0 Å². The molecule has 0 saturated carbocycles. The van der Waals surface area contributed by atoms with E-state index in [-0.39, 0.29) is 6.04 Å². The third-order valence-corrected chi connectivity index (χ3v) is 5.79. The molecule has 1 N–H and O–H groups in total. The number of aromatic nitrogens is 1. The van der Waals surface area contributed by atoms with E-state index >= 15 is 0 Å². The predicted octanol–water partition coefficient (Wildman–Crippen LogP) is 0.615. The van der Waals surface area contributed by atoms with E-state index in [0.717, 1.165) is 5.56 Å². The Morgan fingerprint density at radius 1 is 1.45 bits per heavy atom. The SMILES string of the molecule is CCN(CC)S(=O)(=O)N1CCNCC1c1cccnc1. The Labute approximate surface area is 121 Å². The molecule has 0 aliphatic carbocycles. The lowest BCUT2D eigenvalue weighted by Gasteiger charge is -2.37. The van der Waals surface area contributed by atoms with Crippen molar-refractivity contribution in [3.63, 3.8) is 0 Å². The first kappa shape index (κ1) is 15.4. The first-order valence-electron chi connectivity index (χ1n) is 6.98. The molecule has 6 nitrogen and oxygen atoms in total. The summed E-state index contributed by atoms with van der Waals surface area (Å²) in [4.78, 5) is 4.10. The van der Waals surface area contributed by atoms with Gasteiger partial charge in [0.05, 0.1) is 6.04 Å². The van der Waals surface area contributed by atoms with Gasteiger partial charge in [-0.25, -0.2) is 0 Å². The van der Waals surface area contributed by atoms with Crippen molar-refractivity contribution in [2.45, 2.75) is 19.9 Å². The van der Waals surface area contributed by atoms with E-state index in [1.807, 2.05) is 26.0 Å². The van der Waals surface area contributed by atoms with E-state index in [9.17, 15) is 8.42 Å². The maximum atomic E-state index is 12.7. The molecule has 0 bridgehead atoms. The standard InChI is InChI=1S/C13H22N4O2S/c1-3-16(4-2)20(18,19)17-9-8-15-11-13(17)12-6-5-7-14-10-12/h5-7,10,13,15H,3-4,8-9,11H2,1-2H3. The molecular formula is C13H22N4O2S. The Morgan fingerprint density at radius 2 is 2.20 bits per heavy atom. The van der Waals surface area contributed by atoms with Crippen LogP contribution in [0.5, 0.6) is 0 Å². The quantitative estimate of drug-likeness (QED) is 0.865. The second-order valence-electron chi connectivity index (χ2n) is 4.71. The average molecular weight is 298 g/mol. The van der Waals surface area contributed by atoms with E-state index in [1.165, 1.54) is 4.31 Å². The molecule has 1 fully saturated rings. The van der Waals surface area contributed by atoms with Crippen molar-refractivity contribution in [3.8, 4) is 0 Å². The van der Waals surface area contributed by atoms with Crippen molar-refractivity contribution in [3.05, 3.63) is 30.1 Å². The van der Waals surface area contributed by atoms with Crippen molar-refractivity contribution in [1.82, 2.24) is 18.9 Å². The topological polar surface area (TPSA) is 65.5 Å². The summed E-state index contributed by atoms with van der Waals surface area (Å²) in [6, 6.07) is 3.57. The molecule has 112 valence electrons. The zero-order chi connectivity index (χ0) is 14.6. The number of hydrogen-bond donors (Lipinski definition) is 1. The van der Waals surface area contributed by atoms with Gasteiger partial charge < -0.3 is 5.32 Å². The van der Waals surface area contributed by atoms with Gasteiger partial charge in [0.25, 0.3) is 10.2 Å². The molecule has 0 radical (unpaired) electrons. The molecule has 0 aromatic carbocycles. The van der Waals surface area contributed by atoms with Crippen LogP contribution in [0, 0.1) is 0 Å². The van der Waals surface area contributed by atoms with Gasteiger partial charge in [-0.1, -0.05) is 19.9 Å². The summed E-state index contributed by atoms with van der Waals surface area (Å²) in [5.41, 5.74) is 0.926. The van der Waals surface area contributed by atoms with Gasteiger partial charge in [-0.2, -0.15) is 17.0 Å². The maximum Gasteiger partial charge on any atom is 0.282 e. The van der Waals surface area contributed by atoms with Gasteiger partial charge in [-0.3, -0.25) is 4.98 Å². The highest BCUT2D eigenvalue weighted by atomic mass is 32.2. The zero-order valence-electron chi connectivity index (χ0n) is 12.0. The molecule has 1 aromatic rings. The van der Waals surface area contributed by atoms with Crippen LogP contribution < -0.4 is 5.32 Å². The summed E-state index contributed by atoms with van der Waals surface area (Å²) in [6.45, 7) is 6.48. The summed E-state index contributed by atoms with van der Waals surface area (Å²) in [5, 5.41) is 3.26. The maximum absolute atomic E-state index is 12.7. The second-order valence-corrected chi connectivity index (χ2v) is 6.59. The highest BCUT2D eigenvalue weighted by Crippen LogP contribution is 2.26. The van der Waals surface area contributed by atoms with Gasteiger partial charge in [0.15, 0.2) is 0 Å². The van der Waals surface area contributed by atoms with Crippen LogP contribution in [0.1, 0.15) is 25.5 Å². The summed E-state index contributed by atoms with van der Waals surface area (Å²) in [6.07, 6.45) is 3.44. The summed E-state index contributed by atoms with van der Waals surface area (Å²) in [5.74, 6) is 0. The number of nitrogens with one attached hydrogen (secondary N) is 1. The smallest absolute Gasteiger partial charge is 0.282 e. The Morgan fingerprint density at radius 3 is 2.80 bits per heavy atom. The average Bonchev–Trinajstić information content (AvgIpc) is 2.49. The minimum Gasteiger partial charge on any atom is -0.313 e. The Hall–Kier alpha value is -1.02. The Bertz CT molecular complexity index is 516. The third kappa shape index (κ3) is 3.01. The molecule has 1 saturated heterocycles. The molecule has 0 spiro atoms. The number of rotatable bonds is 5. The minimum atomic E-state index is -3.42. The van der Waals surface area contributed by atoms with E-state index in [4.69, 9.17) is 0 Å². The van der Waals surface area contributed by atoms with Crippen molar-refractivity contribution >= 4 is 10.2 Å². The van der Waals surface area contributed by atoms with Crippen LogP contribution in [0.2, 0.25) is 0 Å². The molecule has 7 heteroatoms. The highest BCUT2D eigenvalue weighted by molar-refractivity contribution is 7.86. The van der Waals surface area contributed by atoms with Gasteiger partial charge in [0, 0.05) is 45.1 Å². The molecule has 2 rings (SSSR count). The number of nitrogens with zero attached hydrogens (tertiary/aromatic N) is 3. The molecule has 20 heavy (non-hydrogen) atoms. The van der Waals surface area contributed by atoms with Crippen molar-refractivity contribution in [2.24, 2.45) is 0 Å². The van der Waals surface area contributed by atoms with Gasteiger partial charge in [-0.15, -0.1) is 0 Å². The van der Waals surface area contributed by atoms with Gasteiger partial charge in [-0.05, 0) is 11.6 Å². The van der Waals surface area contributed by atoms with E-state index in [0.29, 0.717) is 32.7 Å². The lowest BCUT2D eigenvalue weighted by molar-refractivity contribution is 0.249. The molecule has 1 aliphatic rings. The first-order chi connectivity index (χ1) is 9.61. The fraction of sp³-hybridized carbons (Fsp3) is 0.615. The predicted molar refractivity (Wildman–Crippen MR) is 78.4 cm³/mol. The van der Waals surface area contributed by atoms with Crippen molar-refractivity contribution in [2.75, 3.05) is 32.7 Å². The molecule has 1 atom stereocenters. The minimum absolute atomic E-state index is 0.192. The summed E-state index contributed by atoms with van der Waals surface area (Å²) < 4.78 is 28.6. The van der Waals surface area contributed by atoms with Crippen molar-refractivity contribution < 1.29 is 8.42 Å². The molecular weight excluding hydrogens is 276 g/mol. The highest BCUT2D eigenvalue weighted by Gasteiger charge is 2.36. The number of hydrogen-bond acceptors (Lipinski definition) is 4. The zero-order valence-corrected chi connectivity index (χ0v) is 12.8. The molecule has 1 aromatic heterocycles. The van der Waals surface area contributed by atoms with Crippen LogP contribution in [0.4, 0.5) is 0 Å². The van der Waals surface area contributed by atoms with Crippen LogP contribution in [-0.4, -0.2) is 54.7 Å². The Balaban J connectivity index is 2.32. The fourth-order valence-corrected chi connectivity index (χ4v) is 4.31. The third-order valence-electron chi connectivity index (χ3n) is 3.59. The Kier molecular flexibility index (Phi) is 5.09. The first-order valence-corrected chi connectivity index (χ1v) is 8.38. The van der Waals surface area contributed by atoms with Crippen LogP contribution in [0.15, 0.2) is 24.5 Å². The summed E-state index contributed by atoms with van der Waals surface area (Å²) in [7, 11) is -3.42. The lowest BCUT2D eigenvalue weighted by Crippen LogP contribution is -2.53. The fourth-order valence-electron chi connectivity index (χ4n) is 2.52. The number of pyridine rings is 1. The van der Waals surface area contributed by atoms with Crippen molar-refractivity contribution in [1.29, 1.82) is 0 Å².